The second-order valence-electron chi connectivity index (χ2n) is 6.19. The van der Waals surface area contributed by atoms with E-state index >= 15 is 0 Å². The highest BCUT2D eigenvalue weighted by Crippen LogP contribution is 2.31. The van der Waals surface area contributed by atoms with E-state index in [1.807, 2.05) is 6.08 Å². The van der Waals surface area contributed by atoms with Gasteiger partial charge in [-0.05, 0) is 67.0 Å². The zero-order valence-corrected chi connectivity index (χ0v) is 14.2. The van der Waals surface area contributed by atoms with Crippen molar-refractivity contribution < 1.29 is 0 Å². The summed E-state index contributed by atoms with van der Waals surface area (Å²) in [5.74, 6) is 0. The Bertz CT molecular complexity index is 565. The molecule has 0 aliphatic heterocycles. The molecule has 22 heavy (non-hydrogen) atoms. The zero-order chi connectivity index (χ0) is 15.9. The van der Waals surface area contributed by atoms with Gasteiger partial charge in [-0.1, -0.05) is 50.4 Å². The van der Waals surface area contributed by atoms with E-state index in [1.54, 1.807) is 0 Å². The van der Waals surface area contributed by atoms with Gasteiger partial charge in [0, 0.05) is 13.1 Å². The van der Waals surface area contributed by atoms with E-state index in [0.717, 1.165) is 32.5 Å². The molecule has 1 aromatic rings. The second kappa shape index (κ2) is 8.14. The molecule has 1 nitrogen and oxygen atoms in total. The summed E-state index contributed by atoms with van der Waals surface area (Å²) in [4.78, 5) is 2.53. The van der Waals surface area contributed by atoms with Crippen LogP contribution in [-0.2, 0) is 12.8 Å². The lowest BCUT2D eigenvalue weighted by molar-refractivity contribution is 0.302. The summed E-state index contributed by atoms with van der Waals surface area (Å²) in [6.07, 6.45) is 8.75. The molecule has 1 heteroatoms. The number of aryl methyl sites for hydroxylation is 1. The van der Waals surface area contributed by atoms with Gasteiger partial charge in [0.1, 0.15) is 0 Å². The predicted octanol–water partition coefficient (Wildman–Crippen LogP) is 5.03. The highest BCUT2D eigenvalue weighted by Gasteiger charge is 2.14. The van der Waals surface area contributed by atoms with Crippen molar-refractivity contribution in [2.24, 2.45) is 0 Å². The topological polar surface area (TPSA) is 3.24 Å². The van der Waals surface area contributed by atoms with Gasteiger partial charge < -0.3 is 0 Å². The van der Waals surface area contributed by atoms with Gasteiger partial charge in [0.05, 0.1) is 0 Å². The fourth-order valence-electron chi connectivity index (χ4n) is 3.18. The SMILES string of the molecule is C=C/C(=C\C)CN(CCC)CCc1ccc2c(c1)CCC2=C. The summed E-state index contributed by atoms with van der Waals surface area (Å²) in [6, 6.07) is 6.94. The lowest BCUT2D eigenvalue weighted by atomic mass is 10.0. The molecule has 1 aliphatic rings. The van der Waals surface area contributed by atoms with Crippen LogP contribution >= 0.6 is 0 Å². The molecule has 1 aliphatic carbocycles. The number of allylic oxidation sites excluding steroid dienone is 2. The fraction of sp³-hybridized carbons (Fsp3) is 0.429. The van der Waals surface area contributed by atoms with Crippen molar-refractivity contribution in [1.29, 1.82) is 0 Å². The largest absolute Gasteiger partial charge is 0.299 e. The Morgan fingerprint density at radius 2 is 2.09 bits per heavy atom. The maximum absolute atomic E-state index is 4.15. The van der Waals surface area contributed by atoms with Crippen molar-refractivity contribution in [3.8, 4) is 0 Å². The van der Waals surface area contributed by atoms with E-state index in [1.165, 1.54) is 40.7 Å². The maximum atomic E-state index is 4.15. The number of hydrogen-bond donors (Lipinski definition) is 0. The van der Waals surface area contributed by atoms with Crippen LogP contribution in [0.1, 0.15) is 43.4 Å². The summed E-state index contributed by atoms with van der Waals surface area (Å²) in [5, 5.41) is 0. The summed E-state index contributed by atoms with van der Waals surface area (Å²) < 4.78 is 0. The average molecular weight is 295 g/mol. The average Bonchev–Trinajstić information content (AvgIpc) is 2.91. The second-order valence-corrected chi connectivity index (χ2v) is 6.19. The van der Waals surface area contributed by atoms with Gasteiger partial charge in [-0.15, -0.1) is 0 Å². The first-order valence-electron chi connectivity index (χ1n) is 8.47. The third kappa shape index (κ3) is 4.20. The van der Waals surface area contributed by atoms with E-state index in [-0.39, 0.29) is 0 Å². The number of fused-ring (bicyclic) bond motifs is 1. The smallest absolute Gasteiger partial charge is 0.0230 e. The number of nitrogens with zero attached hydrogens (tertiary/aromatic N) is 1. The minimum Gasteiger partial charge on any atom is -0.299 e. The van der Waals surface area contributed by atoms with Crippen molar-refractivity contribution in [3.05, 3.63) is 65.8 Å². The van der Waals surface area contributed by atoms with Crippen molar-refractivity contribution in [2.75, 3.05) is 19.6 Å². The first-order chi connectivity index (χ1) is 10.7. The lowest BCUT2D eigenvalue weighted by Gasteiger charge is -2.22. The predicted molar refractivity (Wildman–Crippen MR) is 98.2 cm³/mol. The van der Waals surface area contributed by atoms with Gasteiger partial charge in [-0.3, -0.25) is 4.90 Å². The molecule has 0 amide bonds. The van der Waals surface area contributed by atoms with Gasteiger partial charge in [-0.2, -0.15) is 0 Å². The molecule has 118 valence electrons. The van der Waals surface area contributed by atoms with E-state index in [4.69, 9.17) is 0 Å². The van der Waals surface area contributed by atoms with Gasteiger partial charge in [0.2, 0.25) is 0 Å². The van der Waals surface area contributed by atoms with Crippen LogP contribution in [-0.4, -0.2) is 24.5 Å². The number of hydrogen-bond acceptors (Lipinski definition) is 1. The van der Waals surface area contributed by atoms with Crippen LogP contribution in [0.3, 0.4) is 0 Å². The molecule has 0 N–H and O–H groups in total. The van der Waals surface area contributed by atoms with Crippen LogP contribution in [0, 0.1) is 0 Å². The van der Waals surface area contributed by atoms with Gasteiger partial charge in [-0.25, -0.2) is 0 Å². The maximum Gasteiger partial charge on any atom is 0.0230 e. The van der Waals surface area contributed by atoms with Gasteiger partial charge in [0.15, 0.2) is 0 Å². The molecule has 0 unspecified atom stereocenters. The molecule has 0 spiro atoms. The summed E-state index contributed by atoms with van der Waals surface area (Å²) >= 11 is 0. The van der Waals surface area contributed by atoms with E-state index < -0.39 is 0 Å². The van der Waals surface area contributed by atoms with Crippen molar-refractivity contribution in [1.82, 2.24) is 4.90 Å². The molecule has 0 heterocycles. The number of benzene rings is 1. The molecule has 0 atom stereocenters. The number of rotatable bonds is 8. The van der Waals surface area contributed by atoms with Crippen LogP contribution < -0.4 is 0 Å². The molecule has 0 saturated heterocycles. The highest BCUT2D eigenvalue weighted by atomic mass is 15.1. The Kier molecular flexibility index (Phi) is 6.21. The normalized spacial score (nSPS) is 14.5. The Labute approximate surface area is 136 Å². The molecule has 0 bridgehead atoms. The summed E-state index contributed by atoms with van der Waals surface area (Å²) in [5.41, 5.74) is 6.95. The fourth-order valence-corrected chi connectivity index (χ4v) is 3.18. The molecule has 2 rings (SSSR count). The first-order valence-corrected chi connectivity index (χ1v) is 8.47. The molecule has 0 saturated carbocycles. The van der Waals surface area contributed by atoms with Crippen LogP contribution in [0.15, 0.2) is 49.1 Å². The van der Waals surface area contributed by atoms with Crippen LogP contribution in [0.5, 0.6) is 0 Å². The Morgan fingerprint density at radius 3 is 2.77 bits per heavy atom. The van der Waals surface area contributed by atoms with Crippen molar-refractivity contribution in [3.63, 3.8) is 0 Å². The van der Waals surface area contributed by atoms with E-state index in [0.29, 0.717) is 0 Å². The Hall–Kier alpha value is -1.60. The standard InChI is InChI=1S/C21H29N/c1-5-13-22(16-18(6-2)7-3)14-12-19-9-11-21-17(4)8-10-20(21)15-19/h6-7,9,11,15H,2,4-5,8,10,12-14,16H2,1,3H3/b18-7+. The minimum absolute atomic E-state index is 1.01. The highest BCUT2D eigenvalue weighted by molar-refractivity contribution is 5.70. The van der Waals surface area contributed by atoms with Crippen LogP contribution in [0.25, 0.3) is 5.57 Å². The van der Waals surface area contributed by atoms with Crippen LogP contribution in [0.2, 0.25) is 0 Å². The molecule has 0 radical (unpaired) electrons. The van der Waals surface area contributed by atoms with E-state index in [2.05, 4.69) is 56.2 Å². The third-order valence-corrected chi connectivity index (χ3v) is 4.54. The van der Waals surface area contributed by atoms with Crippen molar-refractivity contribution >= 4 is 5.57 Å². The van der Waals surface area contributed by atoms with E-state index in [9.17, 15) is 0 Å². The third-order valence-electron chi connectivity index (χ3n) is 4.54. The Morgan fingerprint density at radius 1 is 1.27 bits per heavy atom. The minimum atomic E-state index is 1.01. The molecule has 0 aromatic heterocycles. The van der Waals surface area contributed by atoms with Gasteiger partial charge >= 0.3 is 0 Å². The quantitative estimate of drug-likeness (QED) is 0.608. The van der Waals surface area contributed by atoms with Crippen LogP contribution in [0.4, 0.5) is 0 Å². The van der Waals surface area contributed by atoms with Gasteiger partial charge in [0.25, 0.3) is 0 Å². The lowest BCUT2D eigenvalue weighted by Crippen LogP contribution is -2.28. The first kappa shape index (κ1) is 16.8. The zero-order valence-electron chi connectivity index (χ0n) is 14.2. The molecular formula is C21H29N. The summed E-state index contributed by atoms with van der Waals surface area (Å²) in [6.45, 7) is 15.7. The Balaban J connectivity index is 1.97. The summed E-state index contributed by atoms with van der Waals surface area (Å²) in [7, 11) is 0. The molecular weight excluding hydrogens is 266 g/mol. The molecule has 1 aromatic carbocycles. The monoisotopic (exact) mass is 295 g/mol. The van der Waals surface area contributed by atoms with Crippen molar-refractivity contribution in [2.45, 2.75) is 39.5 Å². The molecule has 0 fully saturated rings.